The van der Waals surface area contributed by atoms with Crippen molar-refractivity contribution in [3.05, 3.63) is 60.1 Å². The third kappa shape index (κ3) is 5.06. The second-order valence-electron chi connectivity index (χ2n) is 5.75. The molecule has 0 saturated carbocycles. The van der Waals surface area contributed by atoms with Gasteiger partial charge in [0.05, 0.1) is 32.2 Å². The molecule has 1 aromatic heterocycles. The van der Waals surface area contributed by atoms with Crippen molar-refractivity contribution < 1.29 is 18.7 Å². The van der Waals surface area contributed by atoms with Crippen LogP contribution in [0.4, 0.5) is 5.69 Å². The lowest BCUT2D eigenvalue weighted by atomic mass is 10.1. The Bertz CT molecular complexity index is 729. The molecule has 1 saturated heterocycles. The average Bonchev–Trinajstić information content (AvgIpc) is 3.16. The van der Waals surface area contributed by atoms with Gasteiger partial charge >= 0.3 is 0 Å². The maximum atomic E-state index is 12.2. The zero-order chi connectivity index (χ0) is 17.5. The Labute approximate surface area is 146 Å². The molecule has 1 N–H and O–H groups in total. The Morgan fingerprint density at radius 2 is 1.88 bits per heavy atom. The van der Waals surface area contributed by atoms with Crippen LogP contribution in [0.5, 0.6) is 0 Å². The molecule has 0 spiro atoms. The van der Waals surface area contributed by atoms with Crippen LogP contribution in [0, 0.1) is 0 Å². The number of ether oxygens (including phenoxy) is 1. The van der Waals surface area contributed by atoms with Crippen molar-refractivity contribution in [1.29, 1.82) is 0 Å². The predicted molar refractivity (Wildman–Crippen MR) is 93.9 cm³/mol. The number of nitrogens with zero attached hydrogens (tertiary/aromatic N) is 1. The predicted octanol–water partition coefficient (Wildman–Crippen LogP) is 2.33. The molecule has 3 rings (SSSR count). The number of amides is 2. The number of rotatable bonds is 5. The van der Waals surface area contributed by atoms with Crippen molar-refractivity contribution in [3.63, 3.8) is 0 Å². The highest BCUT2D eigenvalue weighted by molar-refractivity contribution is 6.01. The minimum absolute atomic E-state index is 0.100. The summed E-state index contributed by atoms with van der Waals surface area (Å²) in [6.07, 6.45) is 6.59. The number of benzene rings is 1. The number of carbonyl (C=O) groups is 2. The van der Waals surface area contributed by atoms with E-state index in [0.29, 0.717) is 38.4 Å². The Kier molecular flexibility index (Phi) is 5.64. The monoisotopic (exact) mass is 340 g/mol. The van der Waals surface area contributed by atoms with Crippen molar-refractivity contribution in [2.24, 2.45) is 0 Å². The fourth-order valence-electron chi connectivity index (χ4n) is 2.53. The fraction of sp³-hybridized carbons (Fsp3) is 0.263. The molecule has 2 amide bonds. The first-order chi connectivity index (χ1) is 12.2. The number of nitrogens with one attached hydrogen (secondary N) is 1. The van der Waals surface area contributed by atoms with Gasteiger partial charge < -0.3 is 19.4 Å². The van der Waals surface area contributed by atoms with Crippen molar-refractivity contribution >= 4 is 23.6 Å². The summed E-state index contributed by atoms with van der Waals surface area (Å²) in [6, 6.07) is 9.07. The lowest BCUT2D eigenvalue weighted by Crippen LogP contribution is -2.41. The second-order valence-corrected chi connectivity index (χ2v) is 5.75. The van der Waals surface area contributed by atoms with E-state index >= 15 is 0 Å². The summed E-state index contributed by atoms with van der Waals surface area (Å²) in [4.78, 5) is 25.9. The van der Waals surface area contributed by atoms with E-state index in [9.17, 15) is 9.59 Å². The summed E-state index contributed by atoms with van der Waals surface area (Å²) in [7, 11) is 0. The smallest absolute Gasteiger partial charge is 0.248 e. The molecule has 1 fully saturated rings. The van der Waals surface area contributed by atoms with Crippen molar-refractivity contribution in [3.8, 4) is 0 Å². The summed E-state index contributed by atoms with van der Waals surface area (Å²) >= 11 is 0. The van der Waals surface area contributed by atoms with E-state index in [-0.39, 0.29) is 11.8 Å². The van der Waals surface area contributed by atoms with Gasteiger partial charge in [0.15, 0.2) is 0 Å². The number of hydrogen-bond acceptors (Lipinski definition) is 4. The quantitative estimate of drug-likeness (QED) is 0.848. The maximum Gasteiger partial charge on any atom is 0.248 e. The molecule has 0 unspecified atom stereocenters. The molecular formula is C19H20N2O4. The highest BCUT2D eigenvalue weighted by Crippen LogP contribution is 2.12. The average molecular weight is 340 g/mol. The topological polar surface area (TPSA) is 71.8 Å². The maximum absolute atomic E-state index is 12.2. The first kappa shape index (κ1) is 17.0. The summed E-state index contributed by atoms with van der Waals surface area (Å²) in [5.74, 6) is -0.124. The van der Waals surface area contributed by atoms with Crippen molar-refractivity contribution in [2.45, 2.75) is 6.42 Å². The third-order valence-electron chi connectivity index (χ3n) is 3.91. The second kappa shape index (κ2) is 8.30. The number of carbonyl (C=O) groups excluding carboxylic acids is 2. The van der Waals surface area contributed by atoms with Gasteiger partial charge in [-0.05, 0) is 29.8 Å². The lowest BCUT2D eigenvalue weighted by Gasteiger charge is -2.26. The molecule has 1 aromatic carbocycles. The molecule has 0 aliphatic carbocycles. The molecule has 0 atom stereocenters. The molecule has 25 heavy (non-hydrogen) atoms. The van der Waals surface area contributed by atoms with Crippen LogP contribution in [0.2, 0.25) is 0 Å². The van der Waals surface area contributed by atoms with Gasteiger partial charge in [-0.25, -0.2) is 0 Å². The normalized spacial score (nSPS) is 14.6. The Morgan fingerprint density at radius 1 is 1.12 bits per heavy atom. The minimum Gasteiger partial charge on any atom is -0.472 e. The van der Waals surface area contributed by atoms with Gasteiger partial charge in [0.25, 0.3) is 0 Å². The third-order valence-corrected chi connectivity index (χ3v) is 3.91. The number of anilines is 1. The van der Waals surface area contributed by atoms with E-state index in [2.05, 4.69) is 5.32 Å². The van der Waals surface area contributed by atoms with Crippen LogP contribution in [-0.4, -0.2) is 43.0 Å². The molecular weight excluding hydrogens is 320 g/mol. The van der Waals surface area contributed by atoms with Gasteiger partial charge in [-0.1, -0.05) is 12.1 Å². The number of morpholine rings is 1. The molecule has 6 nitrogen and oxygen atoms in total. The van der Waals surface area contributed by atoms with Crippen LogP contribution in [0.25, 0.3) is 6.08 Å². The minimum atomic E-state index is -0.224. The van der Waals surface area contributed by atoms with E-state index in [1.807, 2.05) is 17.0 Å². The molecule has 1 aliphatic heterocycles. The van der Waals surface area contributed by atoms with Gasteiger partial charge in [0.2, 0.25) is 11.8 Å². The number of hydrogen-bond donors (Lipinski definition) is 1. The van der Waals surface area contributed by atoms with E-state index in [1.54, 1.807) is 36.8 Å². The summed E-state index contributed by atoms with van der Waals surface area (Å²) < 4.78 is 10.2. The Hall–Kier alpha value is -2.86. The van der Waals surface area contributed by atoms with Crippen molar-refractivity contribution in [2.75, 3.05) is 31.6 Å². The summed E-state index contributed by atoms with van der Waals surface area (Å²) in [5, 5.41) is 2.78. The molecule has 6 heteroatoms. The van der Waals surface area contributed by atoms with Gasteiger partial charge in [-0.2, -0.15) is 0 Å². The van der Waals surface area contributed by atoms with Crippen LogP contribution < -0.4 is 5.32 Å². The van der Waals surface area contributed by atoms with Gasteiger partial charge in [-0.3, -0.25) is 9.59 Å². The van der Waals surface area contributed by atoms with Gasteiger partial charge in [-0.15, -0.1) is 0 Å². The van der Waals surface area contributed by atoms with Crippen molar-refractivity contribution in [1.82, 2.24) is 4.90 Å². The van der Waals surface area contributed by atoms with Crippen LogP contribution in [-0.2, 0) is 20.7 Å². The SMILES string of the molecule is O=C(/C=C/c1ccoc1)Nc1ccc(CC(=O)N2CCOCC2)cc1. The lowest BCUT2D eigenvalue weighted by molar-refractivity contribution is -0.134. The summed E-state index contributed by atoms with van der Waals surface area (Å²) in [6.45, 7) is 2.50. The molecule has 2 aromatic rings. The Morgan fingerprint density at radius 3 is 2.56 bits per heavy atom. The van der Waals surface area contributed by atoms with E-state index in [0.717, 1.165) is 11.1 Å². The number of furan rings is 1. The standard InChI is InChI=1S/C19H20N2O4/c22-18(6-3-16-7-10-25-14-16)20-17-4-1-15(2-5-17)13-19(23)21-8-11-24-12-9-21/h1-7,10,14H,8-9,11-13H2,(H,20,22)/b6-3+. The first-order valence-electron chi connectivity index (χ1n) is 8.16. The highest BCUT2D eigenvalue weighted by atomic mass is 16.5. The molecule has 0 bridgehead atoms. The van der Waals surface area contributed by atoms with E-state index < -0.39 is 0 Å². The van der Waals surface area contributed by atoms with Crippen LogP contribution in [0.3, 0.4) is 0 Å². The zero-order valence-corrected chi connectivity index (χ0v) is 13.8. The largest absolute Gasteiger partial charge is 0.472 e. The van der Waals surface area contributed by atoms with Crippen LogP contribution >= 0.6 is 0 Å². The van der Waals surface area contributed by atoms with Crippen LogP contribution in [0.1, 0.15) is 11.1 Å². The zero-order valence-electron chi connectivity index (χ0n) is 13.8. The van der Waals surface area contributed by atoms with E-state index in [4.69, 9.17) is 9.15 Å². The van der Waals surface area contributed by atoms with E-state index in [1.165, 1.54) is 6.08 Å². The van der Waals surface area contributed by atoms with Gasteiger partial charge in [0, 0.05) is 30.4 Å². The first-order valence-corrected chi connectivity index (χ1v) is 8.16. The molecule has 0 radical (unpaired) electrons. The Balaban J connectivity index is 1.51. The fourth-order valence-corrected chi connectivity index (χ4v) is 2.53. The summed E-state index contributed by atoms with van der Waals surface area (Å²) in [5.41, 5.74) is 2.43. The van der Waals surface area contributed by atoms with Gasteiger partial charge in [0.1, 0.15) is 0 Å². The molecule has 130 valence electrons. The van der Waals surface area contributed by atoms with Crippen LogP contribution in [0.15, 0.2) is 53.4 Å². The molecule has 2 heterocycles. The highest BCUT2D eigenvalue weighted by Gasteiger charge is 2.16. The molecule has 1 aliphatic rings.